The Morgan fingerprint density at radius 2 is 1.40 bits per heavy atom. The molecule has 0 saturated heterocycles. The predicted octanol–water partition coefficient (Wildman–Crippen LogP) is 9.07. The lowest BCUT2D eigenvalue weighted by Gasteiger charge is -2.73. The molecule has 10 atom stereocenters. The van der Waals surface area contributed by atoms with Crippen LogP contribution in [0.1, 0.15) is 132 Å². The highest BCUT2D eigenvalue weighted by molar-refractivity contribution is 5.65. The third-order valence-corrected chi connectivity index (χ3v) is 14.4. The summed E-state index contributed by atoms with van der Waals surface area (Å²) >= 11 is 0. The Morgan fingerprint density at radius 3 is 2.06 bits per heavy atom. The van der Waals surface area contributed by atoms with Crippen LogP contribution in [0, 0.1) is 62.6 Å². The van der Waals surface area contributed by atoms with Gasteiger partial charge in [0.1, 0.15) is 0 Å². The quantitative estimate of drug-likeness (QED) is 0.372. The summed E-state index contributed by atoms with van der Waals surface area (Å²) in [5.41, 5.74) is 2.57. The number of hydrogen-bond acceptors (Lipinski definition) is 2. The molecular formula is C33H56O2. The highest BCUT2D eigenvalue weighted by Crippen LogP contribution is 2.78. The first-order chi connectivity index (χ1) is 16.3. The molecule has 0 spiro atoms. The van der Waals surface area contributed by atoms with Crippen LogP contribution >= 0.6 is 0 Å². The van der Waals surface area contributed by atoms with E-state index in [0.29, 0.717) is 39.6 Å². The average molecular weight is 485 g/mol. The summed E-state index contributed by atoms with van der Waals surface area (Å²) in [6.45, 7) is 20.8. The van der Waals surface area contributed by atoms with Crippen molar-refractivity contribution >= 4 is 5.97 Å². The number of fused-ring (bicyclic) bond motifs is 7. The van der Waals surface area contributed by atoms with Gasteiger partial charge in [0.05, 0.1) is 6.61 Å². The summed E-state index contributed by atoms with van der Waals surface area (Å²) in [7, 11) is 0. The fourth-order valence-electron chi connectivity index (χ4n) is 12.6. The van der Waals surface area contributed by atoms with E-state index in [9.17, 15) is 4.79 Å². The zero-order chi connectivity index (χ0) is 25.4. The van der Waals surface area contributed by atoms with Gasteiger partial charge >= 0.3 is 5.97 Å². The molecule has 0 aromatic carbocycles. The van der Waals surface area contributed by atoms with E-state index in [2.05, 4.69) is 48.5 Å². The molecule has 0 aromatic heterocycles. The Hall–Kier alpha value is -0.530. The van der Waals surface area contributed by atoms with E-state index in [1.165, 1.54) is 70.6 Å². The molecular weight excluding hydrogens is 428 g/mol. The van der Waals surface area contributed by atoms with Gasteiger partial charge in [-0.05, 0) is 133 Å². The van der Waals surface area contributed by atoms with Gasteiger partial charge < -0.3 is 4.74 Å². The lowest BCUT2D eigenvalue weighted by atomic mass is 9.32. The Labute approximate surface area is 217 Å². The molecule has 0 amide bonds. The summed E-state index contributed by atoms with van der Waals surface area (Å²) in [6, 6.07) is 0. The van der Waals surface area contributed by atoms with Crippen molar-refractivity contribution in [3.8, 4) is 0 Å². The van der Waals surface area contributed by atoms with Gasteiger partial charge in [-0.15, -0.1) is 0 Å². The van der Waals surface area contributed by atoms with Crippen LogP contribution in [-0.4, -0.2) is 12.6 Å². The molecule has 200 valence electrons. The molecule has 0 bridgehead atoms. The lowest BCUT2D eigenvalue weighted by Crippen LogP contribution is -2.65. The van der Waals surface area contributed by atoms with Gasteiger partial charge in [-0.3, -0.25) is 4.79 Å². The minimum absolute atomic E-state index is 0.128. The second-order valence-corrected chi connectivity index (χ2v) is 15.9. The van der Waals surface area contributed by atoms with Crippen molar-refractivity contribution in [1.29, 1.82) is 0 Å². The Morgan fingerprint density at radius 1 is 0.771 bits per heavy atom. The summed E-state index contributed by atoms with van der Waals surface area (Å²) in [5.74, 6) is 4.94. The smallest absolute Gasteiger partial charge is 0.302 e. The standard InChI is InChI=1S/C33H56O2/c1-22(15-21-35-23(2)34)24-12-18-30(5)25(24)13-19-32(7)27(30)10-11-28-31(6)17-9-16-29(3,4)26(31)14-20-33(28,32)8/h22,24-28H,9-21H2,1-8H3. The molecule has 0 aliphatic heterocycles. The third kappa shape index (κ3) is 3.64. The maximum atomic E-state index is 11.3. The molecule has 5 fully saturated rings. The Bertz CT molecular complexity index is 831. The molecule has 0 radical (unpaired) electrons. The van der Waals surface area contributed by atoms with Crippen molar-refractivity contribution in [3.63, 3.8) is 0 Å². The van der Waals surface area contributed by atoms with E-state index in [4.69, 9.17) is 4.74 Å². The summed E-state index contributed by atoms with van der Waals surface area (Å²) in [4.78, 5) is 11.3. The largest absolute Gasteiger partial charge is 0.466 e. The minimum atomic E-state index is -0.128. The number of rotatable bonds is 4. The van der Waals surface area contributed by atoms with Crippen LogP contribution in [0.4, 0.5) is 0 Å². The van der Waals surface area contributed by atoms with Gasteiger partial charge in [0.25, 0.3) is 0 Å². The molecule has 5 aliphatic carbocycles. The van der Waals surface area contributed by atoms with E-state index in [1.807, 2.05) is 0 Å². The van der Waals surface area contributed by atoms with Crippen molar-refractivity contribution in [1.82, 2.24) is 0 Å². The van der Waals surface area contributed by atoms with Crippen molar-refractivity contribution in [2.75, 3.05) is 6.61 Å². The second-order valence-electron chi connectivity index (χ2n) is 15.9. The Balaban J connectivity index is 1.39. The van der Waals surface area contributed by atoms with Crippen molar-refractivity contribution in [3.05, 3.63) is 0 Å². The fourth-order valence-corrected chi connectivity index (χ4v) is 12.6. The molecule has 2 nitrogen and oxygen atoms in total. The predicted molar refractivity (Wildman–Crippen MR) is 145 cm³/mol. The van der Waals surface area contributed by atoms with Gasteiger partial charge in [0.15, 0.2) is 0 Å². The zero-order valence-corrected chi connectivity index (χ0v) is 24.5. The lowest BCUT2D eigenvalue weighted by molar-refractivity contribution is -0.241. The maximum absolute atomic E-state index is 11.3. The van der Waals surface area contributed by atoms with Gasteiger partial charge in [0.2, 0.25) is 0 Å². The van der Waals surface area contributed by atoms with Gasteiger partial charge in [0, 0.05) is 6.92 Å². The first-order valence-electron chi connectivity index (χ1n) is 15.4. The van der Waals surface area contributed by atoms with Crippen LogP contribution in [0.15, 0.2) is 0 Å². The monoisotopic (exact) mass is 484 g/mol. The van der Waals surface area contributed by atoms with Gasteiger partial charge in [-0.25, -0.2) is 0 Å². The molecule has 0 heterocycles. The highest BCUT2D eigenvalue weighted by atomic mass is 16.5. The second kappa shape index (κ2) is 8.49. The molecule has 5 rings (SSSR count). The van der Waals surface area contributed by atoms with Crippen molar-refractivity contribution in [2.45, 2.75) is 132 Å². The van der Waals surface area contributed by atoms with Crippen LogP contribution in [0.3, 0.4) is 0 Å². The van der Waals surface area contributed by atoms with Crippen LogP contribution < -0.4 is 0 Å². The molecule has 0 aromatic rings. The summed E-state index contributed by atoms with van der Waals surface area (Å²) < 4.78 is 5.34. The first-order valence-corrected chi connectivity index (χ1v) is 15.4. The highest BCUT2D eigenvalue weighted by Gasteiger charge is 2.70. The van der Waals surface area contributed by atoms with Crippen LogP contribution in [0.25, 0.3) is 0 Å². The number of carbonyl (C=O) groups excluding carboxylic acids is 1. The van der Waals surface area contributed by atoms with E-state index < -0.39 is 0 Å². The van der Waals surface area contributed by atoms with Gasteiger partial charge in [-0.2, -0.15) is 0 Å². The van der Waals surface area contributed by atoms with Crippen LogP contribution in [0.5, 0.6) is 0 Å². The Kier molecular flexibility index (Phi) is 6.33. The first kappa shape index (κ1) is 26.1. The molecule has 10 unspecified atom stereocenters. The fraction of sp³-hybridized carbons (Fsp3) is 0.970. The molecule has 2 heteroatoms. The summed E-state index contributed by atoms with van der Waals surface area (Å²) in [5, 5.41) is 0. The average Bonchev–Trinajstić information content (AvgIpc) is 3.10. The van der Waals surface area contributed by atoms with Crippen molar-refractivity contribution < 1.29 is 9.53 Å². The number of hydrogen-bond donors (Lipinski definition) is 0. The molecule has 5 aliphatic rings. The number of esters is 1. The van der Waals surface area contributed by atoms with Gasteiger partial charge in [-0.1, -0.05) is 54.9 Å². The molecule has 35 heavy (non-hydrogen) atoms. The number of carbonyl (C=O) groups is 1. The van der Waals surface area contributed by atoms with E-state index >= 15 is 0 Å². The third-order valence-electron chi connectivity index (χ3n) is 14.4. The minimum Gasteiger partial charge on any atom is -0.466 e. The maximum Gasteiger partial charge on any atom is 0.302 e. The van der Waals surface area contributed by atoms with E-state index in [1.54, 1.807) is 6.92 Å². The zero-order valence-electron chi connectivity index (χ0n) is 24.5. The molecule has 5 saturated carbocycles. The normalized spacial score (nSPS) is 51.4. The molecule has 0 N–H and O–H groups in total. The van der Waals surface area contributed by atoms with Crippen molar-refractivity contribution in [2.24, 2.45) is 62.6 Å². The van der Waals surface area contributed by atoms with E-state index in [-0.39, 0.29) is 5.97 Å². The van der Waals surface area contributed by atoms with Crippen LogP contribution in [-0.2, 0) is 9.53 Å². The SMILES string of the molecule is CC(=O)OCCC(C)C1CCC2(C)C1CCC1(C)C2CCC2C3(C)CCCC(C)(C)C3CCC21C. The van der Waals surface area contributed by atoms with E-state index in [0.717, 1.165) is 36.0 Å². The topological polar surface area (TPSA) is 26.3 Å². The summed E-state index contributed by atoms with van der Waals surface area (Å²) in [6.07, 6.45) is 17.0. The number of ether oxygens (including phenoxy) is 1. The van der Waals surface area contributed by atoms with Crippen LogP contribution in [0.2, 0.25) is 0 Å².